The van der Waals surface area contributed by atoms with Crippen LogP contribution in [-0.4, -0.2) is 35.7 Å². The molecule has 0 spiro atoms. The average molecular weight is 190 g/mol. The number of rotatable bonds is 5. The minimum absolute atomic E-state index is 0.209. The Morgan fingerprint density at radius 2 is 2.25 bits per heavy atom. The zero-order chi connectivity index (χ0) is 8.97. The molecule has 0 amide bonds. The van der Waals surface area contributed by atoms with Crippen molar-refractivity contribution in [3.05, 3.63) is 11.6 Å². The van der Waals surface area contributed by atoms with E-state index in [2.05, 4.69) is 11.5 Å². The fourth-order valence-electron chi connectivity index (χ4n) is 1.49. The van der Waals surface area contributed by atoms with E-state index in [-0.39, 0.29) is 6.61 Å². The minimum Gasteiger partial charge on any atom is -0.395 e. The van der Waals surface area contributed by atoms with Crippen LogP contribution in [0, 0.1) is 0 Å². The summed E-state index contributed by atoms with van der Waals surface area (Å²) < 4.78 is 0. The maximum absolute atomic E-state index is 8.80. The quantitative estimate of drug-likeness (QED) is 0.710. The molecule has 0 aromatic rings. The van der Waals surface area contributed by atoms with Gasteiger partial charge in [0.2, 0.25) is 0 Å². The summed E-state index contributed by atoms with van der Waals surface area (Å²) in [6.07, 6.45) is 3.79. The number of hydrogen-bond acceptors (Lipinski definition) is 2. The van der Waals surface area contributed by atoms with Crippen LogP contribution in [0.25, 0.3) is 0 Å². The van der Waals surface area contributed by atoms with Crippen LogP contribution < -0.4 is 0 Å². The van der Waals surface area contributed by atoms with Crippen molar-refractivity contribution < 1.29 is 5.11 Å². The van der Waals surface area contributed by atoms with Crippen LogP contribution >= 0.6 is 11.6 Å². The summed E-state index contributed by atoms with van der Waals surface area (Å²) in [6.45, 7) is 5.30. The topological polar surface area (TPSA) is 23.5 Å². The largest absolute Gasteiger partial charge is 0.395 e. The van der Waals surface area contributed by atoms with Gasteiger partial charge in [-0.25, -0.2) is 0 Å². The van der Waals surface area contributed by atoms with Crippen molar-refractivity contribution in [1.82, 2.24) is 4.90 Å². The lowest BCUT2D eigenvalue weighted by molar-refractivity contribution is 0.113. The maximum atomic E-state index is 8.80. The summed E-state index contributed by atoms with van der Waals surface area (Å²) in [5, 5.41) is 9.47. The zero-order valence-corrected chi connectivity index (χ0v) is 8.06. The van der Waals surface area contributed by atoms with Crippen molar-refractivity contribution in [1.29, 1.82) is 0 Å². The molecule has 0 saturated heterocycles. The van der Waals surface area contributed by atoms with Gasteiger partial charge in [-0.3, -0.25) is 4.90 Å². The van der Waals surface area contributed by atoms with Gasteiger partial charge in [-0.05, 0) is 12.8 Å². The van der Waals surface area contributed by atoms with Crippen molar-refractivity contribution in [3.63, 3.8) is 0 Å². The van der Waals surface area contributed by atoms with Gasteiger partial charge in [0.25, 0.3) is 0 Å². The highest BCUT2D eigenvalue weighted by Gasteiger charge is 2.24. The smallest absolute Gasteiger partial charge is 0.0558 e. The highest BCUT2D eigenvalue weighted by Crippen LogP contribution is 2.25. The Morgan fingerprint density at radius 1 is 1.58 bits per heavy atom. The number of aliphatic hydroxyl groups excluding tert-OH is 1. The Morgan fingerprint density at radius 3 is 2.58 bits per heavy atom. The molecule has 12 heavy (non-hydrogen) atoms. The lowest BCUT2D eigenvalue weighted by atomic mass is 9.91. The molecule has 2 nitrogen and oxygen atoms in total. The molecule has 0 heterocycles. The molecule has 1 rings (SSSR count). The lowest BCUT2D eigenvalue weighted by Gasteiger charge is -2.36. The second kappa shape index (κ2) is 4.85. The van der Waals surface area contributed by atoms with E-state index in [1.807, 2.05) is 0 Å². The van der Waals surface area contributed by atoms with Gasteiger partial charge in [0.05, 0.1) is 6.61 Å². The van der Waals surface area contributed by atoms with E-state index in [0.717, 1.165) is 6.54 Å². The molecule has 0 aliphatic heterocycles. The maximum Gasteiger partial charge on any atom is 0.0558 e. The first-order valence-corrected chi connectivity index (χ1v) is 4.80. The first kappa shape index (κ1) is 10.0. The zero-order valence-electron chi connectivity index (χ0n) is 7.30. The monoisotopic (exact) mass is 189 g/mol. The van der Waals surface area contributed by atoms with Gasteiger partial charge in [-0.2, -0.15) is 0 Å². The summed E-state index contributed by atoms with van der Waals surface area (Å²) in [5.41, 5.74) is 0. The van der Waals surface area contributed by atoms with Crippen LogP contribution in [0.1, 0.15) is 19.3 Å². The molecule has 1 aliphatic carbocycles. The van der Waals surface area contributed by atoms with E-state index in [4.69, 9.17) is 16.7 Å². The molecule has 1 fully saturated rings. The molecule has 3 heteroatoms. The lowest BCUT2D eigenvalue weighted by Crippen LogP contribution is -2.42. The molecule has 0 aromatic carbocycles. The second-order valence-electron chi connectivity index (χ2n) is 3.30. The second-order valence-corrected chi connectivity index (χ2v) is 3.83. The fraction of sp³-hybridized carbons (Fsp3) is 0.778. The molecular formula is C9H16ClNO. The van der Waals surface area contributed by atoms with Gasteiger partial charge in [-0.15, -0.1) is 0 Å². The third kappa shape index (κ3) is 2.77. The summed E-state index contributed by atoms with van der Waals surface area (Å²) in [4.78, 5) is 2.21. The standard InChI is InChI=1S/C9H16ClNO/c1-8(10)7-11(5-6-12)9-3-2-4-9/h9,12H,1-7H2. The van der Waals surface area contributed by atoms with Gasteiger partial charge >= 0.3 is 0 Å². The van der Waals surface area contributed by atoms with E-state index in [9.17, 15) is 0 Å². The molecular weight excluding hydrogens is 174 g/mol. The normalized spacial score (nSPS) is 17.9. The molecule has 0 bridgehead atoms. The van der Waals surface area contributed by atoms with Gasteiger partial charge in [0.1, 0.15) is 0 Å². The predicted molar refractivity (Wildman–Crippen MR) is 51.3 cm³/mol. The molecule has 0 radical (unpaired) electrons. The molecule has 0 atom stereocenters. The minimum atomic E-state index is 0.209. The van der Waals surface area contributed by atoms with Crippen molar-refractivity contribution >= 4 is 11.6 Å². The molecule has 70 valence electrons. The number of nitrogens with zero attached hydrogens (tertiary/aromatic N) is 1. The summed E-state index contributed by atoms with van der Waals surface area (Å²) in [5.74, 6) is 0. The highest BCUT2D eigenvalue weighted by atomic mass is 35.5. The van der Waals surface area contributed by atoms with E-state index in [1.54, 1.807) is 0 Å². The number of aliphatic hydroxyl groups is 1. The molecule has 1 saturated carbocycles. The van der Waals surface area contributed by atoms with Crippen molar-refractivity contribution in [2.24, 2.45) is 0 Å². The van der Waals surface area contributed by atoms with Crippen LogP contribution in [0.3, 0.4) is 0 Å². The van der Waals surface area contributed by atoms with Gasteiger partial charge in [0, 0.05) is 24.2 Å². The Hall–Kier alpha value is -0.0500. The Kier molecular flexibility index (Phi) is 4.06. The van der Waals surface area contributed by atoms with Crippen molar-refractivity contribution in [2.45, 2.75) is 25.3 Å². The molecule has 1 N–H and O–H groups in total. The van der Waals surface area contributed by atoms with E-state index in [0.29, 0.717) is 17.6 Å². The van der Waals surface area contributed by atoms with Crippen LogP contribution in [0.4, 0.5) is 0 Å². The van der Waals surface area contributed by atoms with Gasteiger partial charge in [0.15, 0.2) is 0 Å². The third-order valence-electron chi connectivity index (χ3n) is 2.35. The van der Waals surface area contributed by atoms with Gasteiger partial charge < -0.3 is 5.11 Å². The Bertz CT molecular complexity index is 157. The van der Waals surface area contributed by atoms with E-state index < -0.39 is 0 Å². The Balaban J connectivity index is 2.31. The van der Waals surface area contributed by atoms with Crippen molar-refractivity contribution in [3.8, 4) is 0 Å². The molecule has 0 unspecified atom stereocenters. The average Bonchev–Trinajstić information content (AvgIpc) is 1.81. The van der Waals surface area contributed by atoms with Crippen LogP contribution in [-0.2, 0) is 0 Å². The van der Waals surface area contributed by atoms with Gasteiger partial charge in [-0.1, -0.05) is 24.6 Å². The first-order valence-electron chi connectivity index (χ1n) is 4.42. The Labute approximate surface area is 78.8 Å². The number of hydrogen-bond donors (Lipinski definition) is 1. The fourth-order valence-corrected chi connectivity index (χ4v) is 1.64. The van der Waals surface area contributed by atoms with Crippen LogP contribution in [0.2, 0.25) is 0 Å². The van der Waals surface area contributed by atoms with E-state index in [1.165, 1.54) is 19.3 Å². The van der Waals surface area contributed by atoms with Crippen LogP contribution in [0.5, 0.6) is 0 Å². The SMILES string of the molecule is C=C(Cl)CN(CCO)C1CCC1. The summed E-state index contributed by atoms with van der Waals surface area (Å²) in [7, 11) is 0. The summed E-state index contributed by atoms with van der Waals surface area (Å²) >= 11 is 5.72. The van der Waals surface area contributed by atoms with E-state index >= 15 is 0 Å². The predicted octanol–water partition coefficient (Wildman–Crippen LogP) is 1.59. The molecule has 1 aliphatic rings. The first-order chi connectivity index (χ1) is 5.74. The highest BCUT2D eigenvalue weighted by molar-refractivity contribution is 6.29. The molecule has 0 aromatic heterocycles. The third-order valence-corrected chi connectivity index (χ3v) is 2.47. The number of halogens is 1. The summed E-state index contributed by atoms with van der Waals surface area (Å²) in [6, 6.07) is 0.632. The van der Waals surface area contributed by atoms with Crippen molar-refractivity contribution in [2.75, 3.05) is 19.7 Å². The van der Waals surface area contributed by atoms with Crippen LogP contribution in [0.15, 0.2) is 11.6 Å².